The van der Waals surface area contributed by atoms with Crippen molar-refractivity contribution in [2.24, 2.45) is 0 Å². The highest BCUT2D eigenvalue weighted by atomic mass is 19.1. The summed E-state index contributed by atoms with van der Waals surface area (Å²) in [5.41, 5.74) is 4.59. The van der Waals surface area contributed by atoms with E-state index in [4.69, 9.17) is 19.6 Å². The Labute approximate surface area is 203 Å². The molecule has 1 fully saturated rings. The quantitative estimate of drug-likeness (QED) is 0.499. The maximum atomic E-state index is 13.7. The van der Waals surface area contributed by atoms with Crippen LogP contribution in [0.4, 0.5) is 4.39 Å². The number of nitrogens with one attached hydrogen (secondary N) is 2. The number of carbonyl (C=O) groups excluding carboxylic acids is 1. The number of hydrogen-bond acceptors (Lipinski definition) is 5. The summed E-state index contributed by atoms with van der Waals surface area (Å²) < 4.78 is 29.6. The number of amidine groups is 1. The van der Waals surface area contributed by atoms with Gasteiger partial charge in [0.2, 0.25) is 0 Å². The minimum absolute atomic E-state index is 0.117. The van der Waals surface area contributed by atoms with Crippen molar-refractivity contribution in [3.63, 3.8) is 0 Å². The number of carbonyl (C=O) groups is 1. The standard InChI is InChI=1S/C27H28FN3O4/c1-17-8-22(28)4-5-25(17)20-9-19(16-31-6-7-35-27(31)29)10-21(13-20)26(32)30-15-18-11-23(33-2)14-24(12-18)34-3/h4-5,8-14,29H,6-7,15-16H2,1-3H3,(H,30,32). The predicted molar refractivity (Wildman–Crippen MR) is 131 cm³/mol. The molecular formula is C27H28FN3O4. The third-order valence-corrected chi connectivity index (χ3v) is 5.88. The van der Waals surface area contributed by atoms with E-state index in [9.17, 15) is 9.18 Å². The van der Waals surface area contributed by atoms with Crippen molar-refractivity contribution in [1.29, 1.82) is 5.41 Å². The Hall–Kier alpha value is -4.07. The maximum Gasteiger partial charge on any atom is 0.284 e. The molecule has 1 heterocycles. The predicted octanol–water partition coefficient (Wildman–Crippen LogP) is 4.52. The van der Waals surface area contributed by atoms with Gasteiger partial charge in [0, 0.05) is 24.7 Å². The van der Waals surface area contributed by atoms with E-state index in [1.54, 1.807) is 37.3 Å². The van der Waals surface area contributed by atoms with E-state index in [0.29, 0.717) is 36.8 Å². The lowest BCUT2D eigenvalue weighted by Gasteiger charge is -2.17. The topological polar surface area (TPSA) is 83.9 Å². The Morgan fingerprint density at radius 3 is 2.43 bits per heavy atom. The summed E-state index contributed by atoms with van der Waals surface area (Å²) in [5, 5.41) is 10.9. The molecule has 1 amide bonds. The van der Waals surface area contributed by atoms with Gasteiger partial charge < -0.3 is 24.4 Å². The largest absolute Gasteiger partial charge is 0.497 e. The molecular weight excluding hydrogens is 449 g/mol. The molecule has 0 saturated carbocycles. The first-order valence-corrected chi connectivity index (χ1v) is 11.2. The van der Waals surface area contributed by atoms with Crippen molar-refractivity contribution in [2.45, 2.75) is 20.0 Å². The number of ether oxygens (including phenoxy) is 3. The molecule has 0 radical (unpaired) electrons. The van der Waals surface area contributed by atoms with Gasteiger partial charge in [-0.05, 0) is 77.2 Å². The average Bonchev–Trinajstić information content (AvgIpc) is 3.26. The van der Waals surface area contributed by atoms with Crippen molar-refractivity contribution >= 4 is 11.9 Å². The highest BCUT2D eigenvalue weighted by Gasteiger charge is 2.20. The van der Waals surface area contributed by atoms with Gasteiger partial charge >= 0.3 is 0 Å². The molecule has 0 aliphatic carbocycles. The first-order chi connectivity index (χ1) is 16.9. The number of amides is 1. The summed E-state index contributed by atoms with van der Waals surface area (Å²) in [6.45, 7) is 3.63. The Kier molecular flexibility index (Phi) is 7.19. The van der Waals surface area contributed by atoms with Gasteiger partial charge in [-0.25, -0.2) is 4.39 Å². The molecule has 0 aromatic heterocycles. The van der Waals surface area contributed by atoms with Gasteiger partial charge in [-0.15, -0.1) is 0 Å². The van der Waals surface area contributed by atoms with Crippen LogP contribution in [0.2, 0.25) is 0 Å². The maximum absolute atomic E-state index is 13.7. The molecule has 7 nitrogen and oxygen atoms in total. The van der Waals surface area contributed by atoms with Crippen LogP contribution in [0.5, 0.6) is 11.5 Å². The van der Waals surface area contributed by atoms with Crippen molar-refractivity contribution in [1.82, 2.24) is 10.2 Å². The van der Waals surface area contributed by atoms with Gasteiger partial charge in [0.1, 0.15) is 23.9 Å². The molecule has 0 bridgehead atoms. The molecule has 1 aliphatic rings. The van der Waals surface area contributed by atoms with Crippen molar-refractivity contribution in [3.8, 4) is 22.6 Å². The summed E-state index contributed by atoms with van der Waals surface area (Å²) in [4.78, 5) is 15.0. The van der Waals surface area contributed by atoms with Gasteiger partial charge in [0.25, 0.3) is 11.9 Å². The molecule has 8 heteroatoms. The van der Waals surface area contributed by atoms with Gasteiger partial charge in [-0.1, -0.05) is 6.07 Å². The van der Waals surface area contributed by atoms with E-state index in [2.05, 4.69) is 5.32 Å². The Morgan fingerprint density at radius 1 is 1.06 bits per heavy atom. The second-order valence-electron chi connectivity index (χ2n) is 8.36. The van der Waals surface area contributed by atoms with Crippen LogP contribution in [0, 0.1) is 18.2 Å². The minimum Gasteiger partial charge on any atom is -0.497 e. The van der Waals surface area contributed by atoms with Crippen LogP contribution in [-0.2, 0) is 17.8 Å². The monoisotopic (exact) mass is 477 g/mol. The van der Waals surface area contributed by atoms with Crippen molar-refractivity contribution in [3.05, 3.63) is 82.7 Å². The summed E-state index contributed by atoms with van der Waals surface area (Å²) >= 11 is 0. The van der Waals surface area contributed by atoms with Crippen molar-refractivity contribution < 1.29 is 23.4 Å². The van der Waals surface area contributed by atoms with Crippen LogP contribution < -0.4 is 14.8 Å². The molecule has 3 aromatic carbocycles. The van der Waals surface area contributed by atoms with Crippen LogP contribution in [0.15, 0.2) is 54.6 Å². The number of aryl methyl sites for hydroxylation is 1. The van der Waals surface area contributed by atoms with Crippen LogP contribution in [0.25, 0.3) is 11.1 Å². The third-order valence-electron chi connectivity index (χ3n) is 5.88. The van der Waals surface area contributed by atoms with Crippen LogP contribution in [0.1, 0.15) is 27.0 Å². The fraction of sp³-hybridized carbons (Fsp3) is 0.259. The average molecular weight is 478 g/mol. The number of benzene rings is 3. The van der Waals surface area contributed by atoms with E-state index >= 15 is 0 Å². The summed E-state index contributed by atoms with van der Waals surface area (Å²) in [5.74, 6) is 0.721. The SMILES string of the molecule is COc1cc(CNC(=O)c2cc(CN3CCOC3=N)cc(-c3ccc(F)cc3C)c2)cc(OC)c1. The van der Waals surface area contributed by atoms with E-state index in [-0.39, 0.29) is 24.3 Å². The van der Waals surface area contributed by atoms with Gasteiger partial charge in [0.05, 0.1) is 20.8 Å². The zero-order valence-corrected chi connectivity index (χ0v) is 20.0. The number of hydrogen-bond donors (Lipinski definition) is 2. The van der Waals surface area contributed by atoms with Crippen LogP contribution in [0.3, 0.4) is 0 Å². The number of methoxy groups -OCH3 is 2. The Balaban J connectivity index is 1.62. The Bertz CT molecular complexity index is 1240. The molecule has 35 heavy (non-hydrogen) atoms. The molecule has 182 valence electrons. The third kappa shape index (κ3) is 5.71. The summed E-state index contributed by atoms with van der Waals surface area (Å²) in [7, 11) is 3.15. The molecule has 1 saturated heterocycles. The Morgan fingerprint density at radius 2 is 1.80 bits per heavy atom. The van der Waals surface area contributed by atoms with Crippen molar-refractivity contribution in [2.75, 3.05) is 27.4 Å². The molecule has 3 aromatic rings. The second kappa shape index (κ2) is 10.5. The minimum atomic E-state index is -0.309. The fourth-order valence-electron chi connectivity index (χ4n) is 4.09. The van der Waals surface area contributed by atoms with E-state index < -0.39 is 0 Å². The highest BCUT2D eigenvalue weighted by molar-refractivity contribution is 5.96. The van der Waals surface area contributed by atoms with Crippen LogP contribution in [-0.4, -0.2) is 44.2 Å². The number of halogens is 1. The molecule has 4 rings (SSSR count). The molecule has 1 aliphatic heterocycles. The molecule has 0 spiro atoms. The zero-order chi connectivity index (χ0) is 24.9. The van der Waals surface area contributed by atoms with E-state index in [1.807, 2.05) is 31.2 Å². The summed E-state index contributed by atoms with van der Waals surface area (Å²) in [6, 6.07) is 15.8. The lowest BCUT2D eigenvalue weighted by atomic mass is 9.96. The number of nitrogens with zero attached hydrogens (tertiary/aromatic N) is 1. The van der Waals surface area contributed by atoms with E-state index in [1.165, 1.54) is 12.1 Å². The smallest absolute Gasteiger partial charge is 0.284 e. The zero-order valence-electron chi connectivity index (χ0n) is 20.0. The molecule has 0 unspecified atom stereocenters. The van der Waals surface area contributed by atoms with E-state index in [0.717, 1.165) is 27.8 Å². The summed E-state index contributed by atoms with van der Waals surface area (Å²) in [6.07, 6.45) is 0. The van der Waals surface area contributed by atoms with Gasteiger partial charge in [-0.3, -0.25) is 10.2 Å². The fourth-order valence-corrected chi connectivity index (χ4v) is 4.09. The highest BCUT2D eigenvalue weighted by Crippen LogP contribution is 2.28. The molecule has 2 N–H and O–H groups in total. The van der Waals surface area contributed by atoms with Gasteiger partial charge in [-0.2, -0.15) is 0 Å². The second-order valence-corrected chi connectivity index (χ2v) is 8.36. The van der Waals surface area contributed by atoms with Crippen LogP contribution >= 0.6 is 0 Å². The normalized spacial score (nSPS) is 12.9. The molecule has 0 atom stereocenters. The lowest BCUT2D eigenvalue weighted by Crippen LogP contribution is -2.25. The lowest BCUT2D eigenvalue weighted by molar-refractivity contribution is 0.0950. The first-order valence-electron chi connectivity index (χ1n) is 11.2. The first kappa shape index (κ1) is 24.1. The van der Waals surface area contributed by atoms with Gasteiger partial charge in [0.15, 0.2) is 0 Å². The number of rotatable bonds is 8.